The lowest BCUT2D eigenvalue weighted by Gasteiger charge is -2.16. The van der Waals surface area contributed by atoms with Crippen LogP contribution in [0.1, 0.15) is 27.7 Å². The van der Waals surface area contributed by atoms with Gasteiger partial charge in [-0.1, -0.05) is 52.3 Å². The van der Waals surface area contributed by atoms with Crippen LogP contribution in [0.3, 0.4) is 0 Å². The Morgan fingerprint density at radius 1 is 0.759 bits per heavy atom. The average molecular weight is 508 g/mol. The van der Waals surface area contributed by atoms with Gasteiger partial charge in [-0.15, -0.1) is 9.05 Å². The fourth-order valence-electron chi connectivity index (χ4n) is 1.80. The zero-order valence-corrected chi connectivity index (χ0v) is 20.7. The van der Waals surface area contributed by atoms with Crippen LogP contribution in [0.15, 0.2) is 65.1 Å². The maximum absolute atomic E-state index is 12.2. The van der Waals surface area contributed by atoms with Crippen LogP contribution in [0.25, 0.3) is 0 Å². The summed E-state index contributed by atoms with van der Waals surface area (Å²) in [5.41, 5.74) is 0. The molecule has 0 radical (unpaired) electrons. The van der Waals surface area contributed by atoms with Crippen LogP contribution < -0.4 is 5.30 Å². The van der Waals surface area contributed by atoms with E-state index in [1.807, 2.05) is 48.5 Å². The van der Waals surface area contributed by atoms with Crippen LogP contribution in [-0.2, 0) is 27.2 Å². The summed E-state index contributed by atoms with van der Waals surface area (Å²) in [6.45, 7) is 8.78. The predicted octanol–water partition coefficient (Wildman–Crippen LogP) is 6.74. The third-order valence-corrected chi connectivity index (χ3v) is 6.47. The van der Waals surface area contributed by atoms with E-state index >= 15 is 0 Å². The zero-order chi connectivity index (χ0) is 22.0. The van der Waals surface area contributed by atoms with Crippen molar-refractivity contribution in [2.75, 3.05) is 26.4 Å². The largest absolute Gasteiger partial charge is 0.697 e. The van der Waals surface area contributed by atoms with Crippen molar-refractivity contribution in [3.8, 4) is 0 Å². The normalized spacial score (nSPS) is 10.2. The number of halogens is 1. The molecule has 0 saturated heterocycles. The molecule has 162 valence electrons. The molecule has 0 atom stereocenters. The molecule has 9 heteroatoms. The Morgan fingerprint density at radius 2 is 1.17 bits per heavy atom. The highest BCUT2D eigenvalue weighted by Gasteiger charge is 2.25. The van der Waals surface area contributed by atoms with Gasteiger partial charge >= 0.3 is 15.9 Å². The molecule has 0 N–H and O–H groups in total. The summed E-state index contributed by atoms with van der Waals surface area (Å²) >= 11 is 3.31. The second-order valence-electron chi connectivity index (χ2n) is 5.02. The van der Waals surface area contributed by atoms with E-state index in [0.717, 1.165) is 4.47 Å². The monoisotopic (exact) mass is 507 g/mol. The van der Waals surface area contributed by atoms with E-state index < -0.39 is 15.9 Å². The minimum absolute atomic E-state index is 0.381. The second kappa shape index (κ2) is 17.9. The molecule has 0 aromatic heterocycles. The van der Waals surface area contributed by atoms with E-state index in [4.69, 9.17) is 9.05 Å². The van der Waals surface area contributed by atoms with Gasteiger partial charge in [0.1, 0.15) is 13.2 Å². The first kappa shape index (κ1) is 28.1. The predicted molar refractivity (Wildman–Crippen MR) is 122 cm³/mol. The molecule has 0 spiro atoms. The third kappa shape index (κ3) is 13.8. The highest BCUT2D eigenvalue weighted by Crippen LogP contribution is 2.46. The van der Waals surface area contributed by atoms with Gasteiger partial charge in [-0.3, -0.25) is 4.57 Å². The first-order valence-corrected chi connectivity index (χ1v) is 12.7. The molecule has 0 amide bonds. The van der Waals surface area contributed by atoms with E-state index in [1.165, 1.54) is 0 Å². The third-order valence-electron chi connectivity index (χ3n) is 2.87. The van der Waals surface area contributed by atoms with Gasteiger partial charge in [0.25, 0.3) is 0 Å². The van der Waals surface area contributed by atoms with Gasteiger partial charge in [0, 0.05) is 9.04 Å². The minimum Gasteiger partial charge on any atom is -0.305 e. The van der Waals surface area contributed by atoms with E-state index in [2.05, 4.69) is 25.0 Å². The van der Waals surface area contributed by atoms with Crippen molar-refractivity contribution in [2.24, 2.45) is 0 Å². The number of hydrogen-bond donors (Lipinski definition) is 0. The Kier molecular flexibility index (Phi) is 17.3. The summed E-state index contributed by atoms with van der Waals surface area (Å²) in [6.07, 6.45) is 0. The van der Waals surface area contributed by atoms with E-state index in [9.17, 15) is 9.13 Å². The van der Waals surface area contributed by atoms with E-state index in [0.29, 0.717) is 31.7 Å². The highest BCUT2D eigenvalue weighted by atomic mass is 79.9. The van der Waals surface area contributed by atoms with Crippen molar-refractivity contribution in [2.45, 2.75) is 27.7 Å². The Hall–Kier alpha value is -0.910. The van der Waals surface area contributed by atoms with E-state index in [1.54, 1.807) is 39.8 Å². The van der Waals surface area contributed by atoms with Crippen molar-refractivity contribution in [1.82, 2.24) is 0 Å². The summed E-state index contributed by atoms with van der Waals surface area (Å²) in [5.74, 6) is 0. The molecule has 0 heterocycles. The SMILES string of the molecule is Brc1ccccc1.CCOP(=O)(OCC)c1ccccc1.CCO[P+](=O)OCC. The average Bonchev–Trinajstić information content (AvgIpc) is 2.71. The zero-order valence-electron chi connectivity index (χ0n) is 17.3. The molecular weight excluding hydrogens is 478 g/mol. The molecule has 2 aromatic carbocycles. The summed E-state index contributed by atoms with van der Waals surface area (Å²) in [6, 6.07) is 19.0. The molecule has 0 bridgehead atoms. The summed E-state index contributed by atoms with van der Waals surface area (Å²) < 4.78 is 43.2. The van der Waals surface area contributed by atoms with Gasteiger partial charge in [0.2, 0.25) is 0 Å². The Balaban J connectivity index is 0.000000444. The van der Waals surface area contributed by atoms with Gasteiger partial charge < -0.3 is 9.05 Å². The molecule has 6 nitrogen and oxygen atoms in total. The highest BCUT2D eigenvalue weighted by molar-refractivity contribution is 9.10. The molecule has 0 saturated carbocycles. The lowest BCUT2D eigenvalue weighted by molar-refractivity contribution is 0.230. The first-order chi connectivity index (χ1) is 13.9. The number of benzene rings is 2. The lowest BCUT2D eigenvalue weighted by atomic mass is 10.4. The molecular formula is C20H30BrO6P2+. The Bertz CT molecular complexity index is 683. The van der Waals surface area contributed by atoms with Crippen LogP contribution in [0.5, 0.6) is 0 Å². The van der Waals surface area contributed by atoms with Gasteiger partial charge in [-0.2, -0.15) is 0 Å². The van der Waals surface area contributed by atoms with Crippen molar-refractivity contribution in [3.05, 3.63) is 65.1 Å². The minimum atomic E-state index is -3.07. The molecule has 0 aliphatic heterocycles. The Labute approximate surface area is 183 Å². The maximum atomic E-state index is 12.2. The van der Waals surface area contributed by atoms with Crippen molar-refractivity contribution in [1.29, 1.82) is 0 Å². The second-order valence-corrected chi connectivity index (χ2v) is 8.93. The molecule has 29 heavy (non-hydrogen) atoms. The first-order valence-electron chi connectivity index (χ1n) is 9.31. The molecule has 0 unspecified atom stereocenters. The molecule has 2 rings (SSSR count). The molecule has 0 aliphatic rings. The summed E-state index contributed by atoms with van der Waals surface area (Å²) in [7, 11) is -4.90. The van der Waals surface area contributed by atoms with Crippen molar-refractivity contribution >= 4 is 37.1 Å². The lowest BCUT2D eigenvalue weighted by Crippen LogP contribution is -2.09. The van der Waals surface area contributed by atoms with Crippen LogP contribution in [-0.4, -0.2) is 26.4 Å². The topological polar surface area (TPSA) is 71.1 Å². The van der Waals surface area contributed by atoms with Crippen LogP contribution in [0.4, 0.5) is 0 Å². The Morgan fingerprint density at radius 3 is 1.48 bits per heavy atom. The standard InChI is InChI=1S/C10H15O3P.C6H5Br.C4H10O3P/c1-3-12-14(11,13-4-2)10-8-6-5-7-9-10;7-6-4-2-1-3-5-6;1-3-6-8(5)7-4-2/h5-9H,3-4H2,1-2H3;1-5H;3-4H2,1-2H3/q;;+1. The van der Waals surface area contributed by atoms with Gasteiger partial charge in [-0.05, 0) is 52.0 Å². The van der Waals surface area contributed by atoms with Crippen molar-refractivity contribution < 1.29 is 27.2 Å². The number of rotatable bonds is 9. The fraction of sp³-hybridized carbons (Fsp3) is 0.400. The molecule has 2 aromatic rings. The van der Waals surface area contributed by atoms with Gasteiger partial charge in [0.05, 0.1) is 18.5 Å². The summed E-state index contributed by atoms with van der Waals surface area (Å²) in [5, 5.41) is 0.615. The molecule has 0 fully saturated rings. The van der Waals surface area contributed by atoms with Gasteiger partial charge in [-0.25, -0.2) is 0 Å². The summed E-state index contributed by atoms with van der Waals surface area (Å²) in [4.78, 5) is 0. The number of hydrogen-bond acceptors (Lipinski definition) is 6. The maximum Gasteiger partial charge on any atom is 0.697 e. The van der Waals surface area contributed by atoms with Crippen molar-refractivity contribution in [3.63, 3.8) is 0 Å². The van der Waals surface area contributed by atoms with Crippen LogP contribution in [0.2, 0.25) is 0 Å². The van der Waals surface area contributed by atoms with Crippen LogP contribution in [0, 0.1) is 0 Å². The molecule has 0 aliphatic carbocycles. The van der Waals surface area contributed by atoms with E-state index in [-0.39, 0.29) is 0 Å². The quantitative estimate of drug-likeness (QED) is 0.350. The van der Waals surface area contributed by atoms with Crippen LogP contribution >= 0.6 is 31.8 Å². The van der Waals surface area contributed by atoms with Gasteiger partial charge in [0.15, 0.2) is 0 Å². The smallest absolute Gasteiger partial charge is 0.305 e. The fourth-order valence-corrected chi connectivity index (χ4v) is 4.19.